The second-order valence-corrected chi connectivity index (χ2v) is 5.91. The van der Waals surface area contributed by atoms with Crippen LogP contribution in [0.1, 0.15) is 5.56 Å². The number of carbonyl (C=O) groups is 2. The van der Waals surface area contributed by atoms with E-state index in [4.69, 9.17) is 6.42 Å². The number of nitrogens with one attached hydrogen (secondary N) is 1. The number of para-hydroxylation sites is 2. The van der Waals surface area contributed by atoms with Gasteiger partial charge in [-0.15, -0.1) is 6.42 Å². The fourth-order valence-electron chi connectivity index (χ4n) is 3.09. The van der Waals surface area contributed by atoms with E-state index in [-0.39, 0.29) is 11.5 Å². The lowest BCUT2D eigenvalue weighted by molar-refractivity contribution is -0.117. The summed E-state index contributed by atoms with van der Waals surface area (Å²) in [6.45, 7) is 0.417. The highest BCUT2D eigenvalue weighted by atomic mass is 16.2. The normalized spacial score (nSPS) is 15.5. The van der Waals surface area contributed by atoms with E-state index in [1.165, 1.54) is 5.01 Å². The van der Waals surface area contributed by atoms with Crippen LogP contribution < -0.4 is 10.4 Å². The van der Waals surface area contributed by atoms with Crippen LogP contribution in [-0.4, -0.2) is 16.4 Å². The van der Waals surface area contributed by atoms with E-state index < -0.39 is 5.91 Å². The summed E-state index contributed by atoms with van der Waals surface area (Å²) in [5.41, 5.74) is 5.06. The van der Waals surface area contributed by atoms with E-state index in [2.05, 4.69) is 11.3 Å². The van der Waals surface area contributed by atoms with Gasteiger partial charge in [-0.3, -0.25) is 15.0 Å². The molecular weight excluding hydrogens is 326 g/mol. The standard InChI is InChI=1S/C21H15N3O2/c1-2-12-23-14-15(17-10-6-7-11-19(17)23)13-18-20(25)22-24(21(18)26)16-8-4-3-5-9-16/h1,3-11,13-14H,12H2,(H,22,25)/b18-13-. The van der Waals surface area contributed by atoms with Crippen molar-refractivity contribution in [3.63, 3.8) is 0 Å². The number of terminal acetylenes is 1. The summed E-state index contributed by atoms with van der Waals surface area (Å²) in [5, 5.41) is 2.20. The van der Waals surface area contributed by atoms with E-state index in [9.17, 15) is 9.59 Å². The van der Waals surface area contributed by atoms with Crippen LogP contribution >= 0.6 is 0 Å². The lowest BCUT2D eigenvalue weighted by atomic mass is 10.1. The zero-order valence-corrected chi connectivity index (χ0v) is 13.8. The van der Waals surface area contributed by atoms with Crippen molar-refractivity contribution in [2.24, 2.45) is 0 Å². The van der Waals surface area contributed by atoms with E-state index in [1.54, 1.807) is 18.2 Å². The van der Waals surface area contributed by atoms with Crippen LogP contribution in [0.3, 0.4) is 0 Å². The molecule has 1 N–H and O–H groups in total. The molecule has 2 heterocycles. The lowest BCUT2D eigenvalue weighted by Gasteiger charge is -2.13. The van der Waals surface area contributed by atoms with Crippen molar-refractivity contribution in [2.45, 2.75) is 6.54 Å². The van der Waals surface area contributed by atoms with E-state index >= 15 is 0 Å². The first-order valence-electron chi connectivity index (χ1n) is 8.12. The maximum atomic E-state index is 12.7. The number of nitrogens with zero attached hydrogens (tertiary/aromatic N) is 2. The number of hydrogen-bond donors (Lipinski definition) is 1. The Balaban J connectivity index is 1.77. The van der Waals surface area contributed by atoms with Crippen LogP contribution in [0, 0.1) is 12.3 Å². The number of hydrazine groups is 1. The van der Waals surface area contributed by atoms with Crippen molar-refractivity contribution in [1.82, 2.24) is 9.99 Å². The highest BCUT2D eigenvalue weighted by molar-refractivity contribution is 6.32. The summed E-state index contributed by atoms with van der Waals surface area (Å²) in [6.07, 6.45) is 8.93. The van der Waals surface area contributed by atoms with Crippen LogP contribution in [-0.2, 0) is 16.1 Å². The Kier molecular flexibility index (Phi) is 3.79. The van der Waals surface area contributed by atoms with Crippen LogP contribution in [0.5, 0.6) is 0 Å². The minimum atomic E-state index is -0.423. The quantitative estimate of drug-likeness (QED) is 0.452. The molecule has 0 spiro atoms. The van der Waals surface area contributed by atoms with Crippen molar-refractivity contribution in [2.75, 3.05) is 5.01 Å². The van der Waals surface area contributed by atoms with Crippen LogP contribution in [0.25, 0.3) is 17.0 Å². The minimum Gasteiger partial charge on any atom is -0.335 e. The predicted octanol–water partition coefficient (Wildman–Crippen LogP) is 2.74. The Morgan fingerprint density at radius 3 is 2.54 bits per heavy atom. The molecule has 0 atom stereocenters. The summed E-state index contributed by atoms with van der Waals surface area (Å²) in [5.74, 6) is 1.81. The van der Waals surface area contributed by atoms with Gasteiger partial charge in [-0.05, 0) is 24.3 Å². The largest absolute Gasteiger partial charge is 0.335 e. The topological polar surface area (TPSA) is 54.3 Å². The lowest BCUT2D eigenvalue weighted by Crippen LogP contribution is -2.35. The molecule has 1 aliphatic rings. The van der Waals surface area contributed by atoms with Crippen LogP contribution in [0.2, 0.25) is 0 Å². The number of fused-ring (bicyclic) bond motifs is 1. The zero-order valence-electron chi connectivity index (χ0n) is 13.8. The molecule has 0 saturated carbocycles. The Hall–Kier alpha value is -3.78. The third-order valence-corrected chi connectivity index (χ3v) is 4.29. The molecule has 1 fully saturated rings. The van der Waals surface area contributed by atoms with Gasteiger partial charge in [-0.25, -0.2) is 5.01 Å². The van der Waals surface area contributed by atoms with Crippen molar-refractivity contribution in [3.8, 4) is 12.3 Å². The number of anilines is 1. The van der Waals surface area contributed by atoms with E-state index in [0.717, 1.165) is 16.5 Å². The minimum absolute atomic E-state index is 0.0949. The van der Waals surface area contributed by atoms with Gasteiger partial charge < -0.3 is 4.57 Å². The highest BCUT2D eigenvalue weighted by Gasteiger charge is 2.34. The zero-order chi connectivity index (χ0) is 18.1. The molecule has 26 heavy (non-hydrogen) atoms. The number of rotatable bonds is 3. The SMILES string of the molecule is C#CCn1cc(/C=C2/C(=O)NN(c3ccccc3)C2=O)c2ccccc21. The summed E-state index contributed by atoms with van der Waals surface area (Å²) in [4.78, 5) is 25.1. The molecule has 1 aliphatic heterocycles. The van der Waals surface area contributed by atoms with Gasteiger partial charge in [0, 0.05) is 22.7 Å². The van der Waals surface area contributed by atoms with Gasteiger partial charge in [0.1, 0.15) is 5.57 Å². The predicted molar refractivity (Wildman–Crippen MR) is 101 cm³/mol. The second kappa shape index (κ2) is 6.26. The second-order valence-electron chi connectivity index (χ2n) is 5.91. The maximum Gasteiger partial charge on any atom is 0.282 e. The third kappa shape index (κ3) is 2.54. The molecule has 5 heteroatoms. The molecule has 0 bridgehead atoms. The Morgan fingerprint density at radius 1 is 1.04 bits per heavy atom. The molecule has 2 amide bonds. The molecule has 0 radical (unpaired) electrons. The maximum absolute atomic E-state index is 12.7. The first kappa shape index (κ1) is 15.7. The Morgan fingerprint density at radius 2 is 1.77 bits per heavy atom. The molecule has 0 aliphatic carbocycles. The van der Waals surface area contributed by atoms with Crippen molar-refractivity contribution in [3.05, 3.63) is 71.9 Å². The summed E-state index contributed by atoms with van der Waals surface area (Å²) < 4.78 is 1.92. The molecule has 1 saturated heterocycles. The van der Waals surface area contributed by atoms with Gasteiger partial charge >= 0.3 is 0 Å². The molecule has 0 unspecified atom stereocenters. The molecular formula is C21H15N3O2. The molecule has 1 aromatic heterocycles. The highest BCUT2D eigenvalue weighted by Crippen LogP contribution is 2.26. The first-order chi connectivity index (χ1) is 12.7. The number of benzene rings is 2. The molecule has 5 nitrogen and oxygen atoms in total. The Bertz CT molecular complexity index is 1090. The van der Waals surface area contributed by atoms with Crippen molar-refractivity contribution >= 4 is 34.5 Å². The first-order valence-corrected chi connectivity index (χ1v) is 8.12. The fraction of sp³-hybridized carbons (Fsp3) is 0.0476. The van der Waals surface area contributed by atoms with Crippen molar-refractivity contribution in [1.29, 1.82) is 0 Å². The van der Waals surface area contributed by atoms with Gasteiger partial charge in [0.2, 0.25) is 0 Å². The van der Waals surface area contributed by atoms with Crippen molar-refractivity contribution < 1.29 is 9.59 Å². The summed E-state index contributed by atoms with van der Waals surface area (Å²) in [6, 6.07) is 16.7. The number of amides is 2. The number of hydrogen-bond acceptors (Lipinski definition) is 2. The van der Waals surface area contributed by atoms with Gasteiger partial charge in [0.15, 0.2) is 0 Å². The van der Waals surface area contributed by atoms with E-state index in [0.29, 0.717) is 12.2 Å². The number of carbonyl (C=O) groups excluding carboxylic acids is 2. The average Bonchev–Trinajstić information content (AvgIpc) is 3.16. The fourth-order valence-corrected chi connectivity index (χ4v) is 3.09. The summed E-state index contributed by atoms with van der Waals surface area (Å²) in [7, 11) is 0. The third-order valence-electron chi connectivity index (χ3n) is 4.29. The molecule has 3 aromatic rings. The van der Waals surface area contributed by atoms with Gasteiger partial charge in [0.05, 0.1) is 12.2 Å². The molecule has 2 aromatic carbocycles. The van der Waals surface area contributed by atoms with Gasteiger partial charge in [0.25, 0.3) is 11.8 Å². The number of aromatic nitrogens is 1. The molecule has 126 valence electrons. The van der Waals surface area contributed by atoms with Gasteiger partial charge in [-0.2, -0.15) is 0 Å². The molecule has 4 rings (SSSR count). The van der Waals surface area contributed by atoms with Crippen LogP contribution in [0.4, 0.5) is 5.69 Å². The van der Waals surface area contributed by atoms with Crippen LogP contribution in [0.15, 0.2) is 66.4 Å². The Labute approximate surface area is 150 Å². The average molecular weight is 341 g/mol. The summed E-state index contributed by atoms with van der Waals surface area (Å²) >= 11 is 0. The van der Waals surface area contributed by atoms with Gasteiger partial charge in [-0.1, -0.05) is 42.3 Å². The van der Waals surface area contributed by atoms with E-state index in [1.807, 2.05) is 53.2 Å². The smallest absolute Gasteiger partial charge is 0.282 e. The monoisotopic (exact) mass is 341 g/mol.